The van der Waals surface area contributed by atoms with Crippen LogP contribution in [0.2, 0.25) is 0 Å². The molecule has 88 valence electrons. The van der Waals surface area contributed by atoms with Crippen LogP contribution in [0.5, 0.6) is 0 Å². The van der Waals surface area contributed by atoms with Crippen LogP contribution in [-0.2, 0) is 13.8 Å². The van der Waals surface area contributed by atoms with E-state index in [1.807, 2.05) is 0 Å². The minimum absolute atomic E-state index is 0.00579. The fourth-order valence-electron chi connectivity index (χ4n) is 1.69. The molecule has 6 heteroatoms. The average Bonchev–Trinajstić information content (AvgIpc) is 2.41. The van der Waals surface area contributed by atoms with Crippen LogP contribution in [0.15, 0.2) is 0 Å². The summed E-state index contributed by atoms with van der Waals surface area (Å²) >= 11 is 0. The molecule has 0 unspecified atom stereocenters. The molecule has 0 radical (unpaired) electrons. The molecule has 1 aliphatic heterocycles. The van der Waals surface area contributed by atoms with Gasteiger partial charge in [0.05, 0.1) is 5.75 Å². The average molecular weight is 254 g/mol. The van der Waals surface area contributed by atoms with E-state index in [0.29, 0.717) is 0 Å². The van der Waals surface area contributed by atoms with Crippen molar-refractivity contribution in [2.75, 3.05) is 18.8 Å². The van der Waals surface area contributed by atoms with Crippen LogP contribution in [0.4, 0.5) is 0 Å². The van der Waals surface area contributed by atoms with Crippen molar-refractivity contribution < 1.29 is 13.2 Å². The number of carbonyl (C=O) groups is 1. The van der Waals surface area contributed by atoms with Crippen molar-refractivity contribution in [1.29, 1.82) is 0 Å². The van der Waals surface area contributed by atoms with Gasteiger partial charge in [0.15, 0.2) is 0 Å². The van der Waals surface area contributed by atoms with Crippen LogP contribution < -0.4 is 0 Å². The fraction of sp³-hybridized carbons (Fsp3) is 0.889. The lowest BCUT2D eigenvalue weighted by Crippen LogP contribution is -2.32. The number of likely N-dealkylation sites (tertiary alicyclic amines) is 1. The van der Waals surface area contributed by atoms with Crippen molar-refractivity contribution >= 4 is 25.6 Å². The molecule has 0 spiro atoms. The first-order valence-electron chi connectivity index (χ1n) is 5.19. The van der Waals surface area contributed by atoms with E-state index in [0.717, 1.165) is 38.8 Å². The molecule has 0 atom stereocenters. The molecule has 0 aromatic rings. The third-order valence-corrected chi connectivity index (χ3v) is 3.67. The molecule has 0 N–H and O–H groups in total. The zero-order chi connectivity index (χ0) is 11.3. The second kappa shape index (κ2) is 5.70. The van der Waals surface area contributed by atoms with E-state index in [4.69, 9.17) is 10.7 Å². The number of nitrogens with zero attached hydrogens (tertiary/aromatic N) is 1. The van der Waals surface area contributed by atoms with Crippen LogP contribution in [0, 0.1) is 0 Å². The van der Waals surface area contributed by atoms with Gasteiger partial charge in [0.1, 0.15) is 0 Å². The Morgan fingerprint density at radius 1 is 1.13 bits per heavy atom. The summed E-state index contributed by atoms with van der Waals surface area (Å²) in [6.45, 7) is 1.50. The molecular formula is C9H16ClNO3S. The van der Waals surface area contributed by atoms with Crippen molar-refractivity contribution in [3.63, 3.8) is 0 Å². The standard InChI is InChI=1S/C9H16ClNO3S/c10-15(13,14)8-5-9(12)11-6-3-1-2-4-7-11/h1-8H2. The van der Waals surface area contributed by atoms with Crippen molar-refractivity contribution in [3.8, 4) is 0 Å². The first kappa shape index (κ1) is 12.8. The number of halogens is 1. The second-order valence-corrected chi connectivity index (χ2v) is 6.68. The number of carbonyl (C=O) groups excluding carboxylic acids is 1. The van der Waals surface area contributed by atoms with Gasteiger partial charge in [-0.3, -0.25) is 4.79 Å². The Bertz CT molecular complexity index is 307. The van der Waals surface area contributed by atoms with Gasteiger partial charge in [-0.1, -0.05) is 12.8 Å². The molecule has 1 fully saturated rings. The first-order chi connectivity index (χ1) is 6.99. The monoisotopic (exact) mass is 253 g/mol. The predicted molar refractivity (Wildman–Crippen MR) is 59.3 cm³/mol. The summed E-state index contributed by atoms with van der Waals surface area (Å²) in [7, 11) is 1.51. The van der Waals surface area contributed by atoms with Gasteiger partial charge in [-0.2, -0.15) is 0 Å². The lowest BCUT2D eigenvalue weighted by atomic mass is 10.2. The molecule has 15 heavy (non-hydrogen) atoms. The van der Waals surface area contributed by atoms with E-state index in [-0.39, 0.29) is 18.1 Å². The van der Waals surface area contributed by atoms with Gasteiger partial charge >= 0.3 is 0 Å². The Morgan fingerprint density at radius 3 is 2.13 bits per heavy atom. The third kappa shape index (κ3) is 5.37. The Labute approximate surface area is 95.0 Å². The van der Waals surface area contributed by atoms with Crippen LogP contribution in [0.3, 0.4) is 0 Å². The summed E-state index contributed by atoms with van der Waals surface area (Å²) in [5.74, 6) is -0.356. The second-order valence-electron chi connectivity index (χ2n) is 3.79. The first-order valence-corrected chi connectivity index (χ1v) is 7.67. The molecule has 0 aromatic heterocycles. The highest BCUT2D eigenvalue weighted by Gasteiger charge is 2.17. The minimum Gasteiger partial charge on any atom is -0.343 e. The van der Waals surface area contributed by atoms with Crippen LogP contribution >= 0.6 is 10.7 Å². The van der Waals surface area contributed by atoms with Gasteiger partial charge in [-0.15, -0.1) is 0 Å². The maximum Gasteiger partial charge on any atom is 0.233 e. The molecule has 1 aliphatic rings. The zero-order valence-electron chi connectivity index (χ0n) is 8.62. The van der Waals surface area contributed by atoms with E-state index in [2.05, 4.69) is 0 Å². The summed E-state index contributed by atoms with van der Waals surface area (Å²) < 4.78 is 21.4. The van der Waals surface area contributed by atoms with Gasteiger partial charge < -0.3 is 4.90 Å². The highest BCUT2D eigenvalue weighted by atomic mass is 35.7. The third-order valence-electron chi connectivity index (χ3n) is 2.52. The van der Waals surface area contributed by atoms with Gasteiger partial charge in [-0.05, 0) is 12.8 Å². The van der Waals surface area contributed by atoms with E-state index < -0.39 is 9.05 Å². The highest BCUT2D eigenvalue weighted by molar-refractivity contribution is 8.13. The normalized spacial score (nSPS) is 18.6. The van der Waals surface area contributed by atoms with Gasteiger partial charge in [0, 0.05) is 30.2 Å². The molecule has 4 nitrogen and oxygen atoms in total. The molecule has 0 saturated carbocycles. The number of hydrogen-bond donors (Lipinski definition) is 0. The van der Waals surface area contributed by atoms with Crippen LogP contribution in [-0.4, -0.2) is 38.1 Å². The van der Waals surface area contributed by atoms with E-state index in [1.54, 1.807) is 4.90 Å². The molecule has 0 bridgehead atoms. The maximum atomic E-state index is 11.6. The Hall–Kier alpha value is -0.290. The molecule has 1 saturated heterocycles. The van der Waals surface area contributed by atoms with Crippen molar-refractivity contribution in [1.82, 2.24) is 4.90 Å². The zero-order valence-corrected chi connectivity index (χ0v) is 10.2. The van der Waals surface area contributed by atoms with Gasteiger partial charge in [0.25, 0.3) is 0 Å². The van der Waals surface area contributed by atoms with Crippen LogP contribution in [0.25, 0.3) is 0 Å². The fourth-order valence-corrected chi connectivity index (χ4v) is 2.34. The summed E-state index contributed by atoms with van der Waals surface area (Å²) in [6.07, 6.45) is 4.33. The quantitative estimate of drug-likeness (QED) is 0.714. The van der Waals surface area contributed by atoms with Gasteiger partial charge in [0.2, 0.25) is 15.0 Å². The SMILES string of the molecule is O=C(CCS(=O)(=O)Cl)N1CCCCCC1. The van der Waals surface area contributed by atoms with Gasteiger partial charge in [-0.25, -0.2) is 8.42 Å². The summed E-state index contributed by atoms with van der Waals surface area (Å²) in [6, 6.07) is 0. The number of rotatable bonds is 3. The lowest BCUT2D eigenvalue weighted by molar-refractivity contribution is -0.130. The molecule has 0 aromatic carbocycles. The number of hydrogen-bond acceptors (Lipinski definition) is 3. The Kier molecular flexibility index (Phi) is 4.86. The minimum atomic E-state index is -3.54. The largest absolute Gasteiger partial charge is 0.343 e. The molecule has 1 heterocycles. The smallest absolute Gasteiger partial charge is 0.233 e. The number of amides is 1. The molecule has 1 amide bonds. The van der Waals surface area contributed by atoms with E-state index in [1.165, 1.54) is 0 Å². The predicted octanol–water partition coefficient (Wildman–Crippen LogP) is 1.35. The van der Waals surface area contributed by atoms with Crippen molar-refractivity contribution in [2.24, 2.45) is 0 Å². The summed E-state index contributed by atoms with van der Waals surface area (Å²) in [5.41, 5.74) is 0. The molecular weight excluding hydrogens is 238 g/mol. The summed E-state index contributed by atoms with van der Waals surface area (Å²) in [5, 5.41) is 0. The molecule has 1 rings (SSSR count). The Morgan fingerprint density at radius 2 is 1.67 bits per heavy atom. The maximum absolute atomic E-state index is 11.6. The van der Waals surface area contributed by atoms with Crippen LogP contribution in [0.1, 0.15) is 32.1 Å². The van der Waals surface area contributed by atoms with Crippen molar-refractivity contribution in [3.05, 3.63) is 0 Å². The molecule has 0 aliphatic carbocycles. The lowest BCUT2D eigenvalue weighted by Gasteiger charge is -2.19. The highest BCUT2D eigenvalue weighted by Crippen LogP contribution is 2.11. The van der Waals surface area contributed by atoms with E-state index in [9.17, 15) is 13.2 Å². The summed E-state index contributed by atoms with van der Waals surface area (Å²) in [4.78, 5) is 13.3. The topological polar surface area (TPSA) is 54.5 Å². The van der Waals surface area contributed by atoms with E-state index >= 15 is 0 Å². The van der Waals surface area contributed by atoms with Crippen molar-refractivity contribution in [2.45, 2.75) is 32.1 Å². The Balaban J connectivity index is 2.38.